The fraction of sp³-hybridized carbons (Fsp3) is 0.235. The molecular weight excluding hydrogens is 318 g/mol. The lowest BCUT2D eigenvalue weighted by Gasteiger charge is -2.21. The van der Waals surface area contributed by atoms with E-state index in [1.54, 1.807) is 13.1 Å². The van der Waals surface area contributed by atoms with Crippen molar-refractivity contribution >= 4 is 17.7 Å². The first-order valence-electron chi connectivity index (χ1n) is 7.08. The Labute approximate surface area is 138 Å². The van der Waals surface area contributed by atoms with Gasteiger partial charge in [0.1, 0.15) is 11.6 Å². The van der Waals surface area contributed by atoms with Crippen molar-refractivity contribution in [2.45, 2.75) is 10.9 Å². The Morgan fingerprint density at radius 2 is 2.00 bits per heavy atom. The zero-order valence-corrected chi connectivity index (χ0v) is 13.7. The molecule has 0 saturated carbocycles. The quantitative estimate of drug-likeness (QED) is 0.797. The molecule has 2 aromatic rings. The van der Waals surface area contributed by atoms with Gasteiger partial charge >= 0.3 is 0 Å². The fourth-order valence-electron chi connectivity index (χ4n) is 2.27. The molecule has 23 heavy (non-hydrogen) atoms. The Hall–Kier alpha value is -1.92. The monoisotopic (exact) mass is 336 g/mol. The largest absolute Gasteiger partial charge is 0.344 e. The van der Waals surface area contributed by atoms with Crippen molar-refractivity contribution in [1.29, 1.82) is 0 Å². The van der Waals surface area contributed by atoms with Crippen LogP contribution in [0.1, 0.15) is 17.2 Å². The van der Waals surface area contributed by atoms with Crippen LogP contribution in [0.4, 0.5) is 8.78 Å². The summed E-state index contributed by atoms with van der Waals surface area (Å²) < 4.78 is 27.7. The maximum Gasteiger partial charge on any atom is 0.234 e. The molecule has 0 aliphatic heterocycles. The van der Waals surface area contributed by atoms with E-state index in [0.717, 1.165) is 23.1 Å². The highest BCUT2D eigenvalue weighted by Gasteiger charge is 2.21. The second-order valence-electron chi connectivity index (χ2n) is 4.97. The Morgan fingerprint density at radius 1 is 1.22 bits per heavy atom. The van der Waals surface area contributed by atoms with Gasteiger partial charge in [-0.05, 0) is 49.2 Å². The predicted molar refractivity (Wildman–Crippen MR) is 88.5 cm³/mol. The molecule has 0 heterocycles. The number of halogens is 2. The Kier molecular flexibility index (Phi) is 6.12. The first kappa shape index (κ1) is 17.4. The summed E-state index contributed by atoms with van der Waals surface area (Å²) in [6, 6.07) is 9.89. The number of benzene rings is 2. The van der Waals surface area contributed by atoms with Crippen molar-refractivity contribution in [1.82, 2.24) is 10.6 Å². The van der Waals surface area contributed by atoms with Gasteiger partial charge in [0.15, 0.2) is 0 Å². The van der Waals surface area contributed by atoms with E-state index in [1.807, 2.05) is 24.5 Å². The van der Waals surface area contributed by atoms with Crippen LogP contribution in [0.2, 0.25) is 0 Å². The standard InChI is InChI=1S/C17H18F2N2OS/c1-20-10-16(22)21-17(11-4-3-5-13(8-11)23-2)14-9-12(18)6-7-15(14)19/h3-9,17,20H,10H2,1-2H3,(H,21,22)/t17-/m1/s1. The van der Waals surface area contributed by atoms with Crippen LogP contribution < -0.4 is 10.6 Å². The second-order valence-corrected chi connectivity index (χ2v) is 5.85. The van der Waals surface area contributed by atoms with Gasteiger partial charge in [-0.3, -0.25) is 4.79 Å². The smallest absolute Gasteiger partial charge is 0.234 e. The van der Waals surface area contributed by atoms with Gasteiger partial charge in [0.25, 0.3) is 0 Å². The Bertz CT molecular complexity index is 694. The van der Waals surface area contributed by atoms with Gasteiger partial charge in [0, 0.05) is 10.5 Å². The van der Waals surface area contributed by atoms with E-state index in [1.165, 1.54) is 11.8 Å². The molecule has 0 aliphatic carbocycles. The number of amides is 1. The summed E-state index contributed by atoms with van der Waals surface area (Å²) >= 11 is 1.54. The summed E-state index contributed by atoms with van der Waals surface area (Å²) in [5, 5.41) is 5.49. The molecule has 0 aliphatic rings. The summed E-state index contributed by atoms with van der Waals surface area (Å²) in [7, 11) is 1.64. The van der Waals surface area contributed by atoms with Gasteiger partial charge < -0.3 is 10.6 Å². The number of carbonyl (C=O) groups is 1. The van der Waals surface area contributed by atoms with Crippen molar-refractivity contribution in [2.24, 2.45) is 0 Å². The maximum absolute atomic E-state index is 14.2. The van der Waals surface area contributed by atoms with Crippen LogP contribution in [0.5, 0.6) is 0 Å². The lowest BCUT2D eigenvalue weighted by Crippen LogP contribution is -2.36. The van der Waals surface area contributed by atoms with E-state index >= 15 is 0 Å². The van der Waals surface area contributed by atoms with Crippen molar-refractivity contribution in [3.8, 4) is 0 Å². The van der Waals surface area contributed by atoms with Gasteiger partial charge in [-0.2, -0.15) is 0 Å². The van der Waals surface area contributed by atoms with Crippen molar-refractivity contribution in [3.63, 3.8) is 0 Å². The number of carbonyl (C=O) groups excluding carboxylic acids is 1. The van der Waals surface area contributed by atoms with E-state index < -0.39 is 17.7 Å². The van der Waals surface area contributed by atoms with E-state index in [4.69, 9.17) is 0 Å². The molecule has 6 heteroatoms. The molecule has 0 saturated heterocycles. The van der Waals surface area contributed by atoms with E-state index in [9.17, 15) is 13.6 Å². The van der Waals surface area contributed by atoms with Gasteiger partial charge in [0.05, 0.1) is 12.6 Å². The highest BCUT2D eigenvalue weighted by molar-refractivity contribution is 7.98. The van der Waals surface area contributed by atoms with E-state index in [-0.39, 0.29) is 18.0 Å². The minimum Gasteiger partial charge on any atom is -0.344 e. The van der Waals surface area contributed by atoms with Crippen molar-refractivity contribution in [2.75, 3.05) is 19.8 Å². The number of nitrogens with one attached hydrogen (secondary N) is 2. The minimum absolute atomic E-state index is 0.0929. The van der Waals surface area contributed by atoms with Gasteiger partial charge in [-0.25, -0.2) is 8.78 Å². The number of hydrogen-bond donors (Lipinski definition) is 2. The van der Waals surface area contributed by atoms with Crippen LogP contribution in [0, 0.1) is 11.6 Å². The third-order valence-corrected chi connectivity index (χ3v) is 4.06. The van der Waals surface area contributed by atoms with E-state index in [0.29, 0.717) is 5.56 Å². The molecule has 122 valence electrons. The van der Waals surface area contributed by atoms with Crippen molar-refractivity contribution < 1.29 is 13.6 Å². The van der Waals surface area contributed by atoms with Crippen LogP contribution in [0.15, 0.2) is 47.4 Å². The average Bonchev–Trinajstić information content (AvgIpc) is 2.55. The average molecular weight is 336 g/mol. The molecule has 1 amide bonds. The SMILES string of the molecule is CNCC(=O)N[C@H](c1cccc(SC)c1)c1cc(F)ccc1F. The normalized spacial score (nSPS) is 12.0. The fourth-order valence-corrected chi connectivity index (χ4v) is 2.74. The molecule has 3 nitrogen and oxygen atoms in total. The molecule has 0 unspecified atom stereocenters. The zero-order valence-electron chi connectivity index (χ0n) is 12.9. The molecular formula is C17H18F2N2OS. The summed E-state index contributed by atoms with van der Waals surface area (Å²) in [6.45, 7) is 0.0929. The van der Waals surface area contributed by atoms with Gasteiger partial charge in [-0.15, -0.1) is 11.8 Å². The molecule has 0 radical (unpaired) electrons. The van der Waals surface area contributed by atoms with Crippen LogP contribution in [0.25, 0.3) is 0 Å². The van der Waals surface area contributed by atoms with Gasteiger partial charge in [-0.1, -0.05) is 12.1 Å². The molecule has 2 N–H and O–H groups in total. The lowest BCUT2D eigenvalue weighted by atomic mass is 9.98. The predicted octanol–water partition coefficient (Wildman–Crippen LogP) is 3.11. The maximum atomic E-state index is 14.2. The van der Waals surface area contributed by atoms with Crippen LogP contribution in [-0.4, -0.2) is 25.8 Å². The zero-order chi connectivity index (χ0) is 16.8. The first-order chi connectivity index (χ1) is 11.0. The van der Waals surface area contributed by atoms with Crippen molar-refractivity contribution in [3.05, 3.63) is 65.2 Å². The molecule has 2 aromatic carbocycles. The molecule has 0 spiro atoms. The number of rotatable bonds is 6. The highest BCUT2D eigenvalue weighted by atomic mass is 32.2. The lowest BCUT2D eigenvalue weighted by molar-refractivity contribution is -0.120. The van der Waals surface area contributed by atoms with Crippen LogP contribution in [0.3, 0.4) is 0 Å². The van der Waals surface area contributed by atoms with E-state index in [2.05, 4.69) is 10.6 Å². The number of hydrogen-bond acceptors (Lipinski definition) is 3. The molecule has 2 rings (SSSR count). The topological polar surface area (TPSA) is 41.1 Å². The first-order valence-corrected chi connectivity index (χ1v) is 8.30. The molecule has 1 atom stereocenters. The van der Waals surface area contributed by atoms with Crippen LogP contribution >= 0.6 is 11.8 Å². The van der Waals surface area contributed by atoms with Crippen LogP contribution in [-0.2, 0) is 4.79 Å². The summed E-state index contributed by atoms with van der Waals surface area (Å²) in [6.07, 6.45) is 1.93. The number of likely N-dealkylation sites (N-methyl/N-ethyl adjacent to an activating group) is 1. The summed E-state index contributed by atoms with van der Waals surface area (Å²) in [5.74, 6) is -1.40. The third kappa shape index (κ3) is 4.53. The molecule has 0 fully saturated rings. The second kappa shape index (κ2) is 8.08. The Balaban J connectivity index is 2.46. The summed E-state index contributed by atoms with van der Waals surface area (Å²) in [4.78, 5) is 12.9. The summed E-state index contributed by atoms with van der Waals surface area (Å²) in [5.41, 5.74) is 0.804. The molecule has 0 aromatic heterocycles. The third-order valence-electron chi connectivity index (χ3n) is 3.34. The Morgan fingerprint density at radius 3 is 2.70 bits per heavy atom. The molecule has 0 bridgehead atoms. The highest BCUT2D eigenvalue weighted by Crippen LogP contribution is 2.28. The number of thioether (sulfide) groups is 1. The minimum atomic E-state index is -0.751. The van der Waals surface area contributed by atoms with Gasteiger partial charge in [0.2, 0.25) is 5.91 Å².